The van der Waals surface area contributed by atoms with E-state index in [-0.39, 0.29) is 28.9 Å². The summed E-state index contributed by atoms with van der Waals surface area (Å²) in [6, 6.07) is 18.2. The molecular formula is C23H21ClN4O4. The third-order valence-corrected chi connectivity index (χ3v) is 4.79. The van der Waals surface area contributed by atoms with Crippen LogP contribution in [0.4, 0.5) is 17.1 Å². The van der Waals surface area contributed by atoms with E-state index in [9.17, 15) is 14.4 Å². The van der Waals surface area contributed by atoms with Crippen molar-refractivity contribution in [2.45, 2.75) is 0 Å². The van der Waals surface area contributed by atoms with Crippen molar-refractivity contribution in [2.75, 3.05) is 29.6 Å². The highest BCUT2D eigenvalue weighted by atomic mass is 35.5. The fourth-order valence-electron chi connectivity index (χ4n) is 2.86. The van der Waals surface area contributed by atoms with Gasteiger partial charge in [-0.25, -0.2) is 0 Å². The Hall–Kier alpha value is -4.04. The molecule has 164 valence electrons. The van der Waals surface area contributed by atoms with Gasteiger partial charge in [-0.2, -0.15) is 0 Å². The highest BCUT2D eigenvalue weighted by molar-refractivity contribution is 6.34. The fourth-order valence-corrected chi connectivity index (χ4v) is 3.13. The summed E-state index contributed by atoms with van der Waals surface area (Å²) in [6.45, 7) is -0.0255. The summed E-state index contributed by atoms with van der Waals surface area (Å²) in [5, 5.41) is 8.63. The number of anilines is 3. The lowest BCUT2D eigenvalue weighted by Gasteiger charge is -2.11. The molecule has 8 nitrogen and oxygen atoms in total. The average molecular weight is 453 g/mol. The third kappa shape index (κ3) is 5.77. The normalized spacial score (nSPS) is 10.2. The van der Waals surface area contributed by atoms with Crippen molar-refractivity contribution in [3.05, 3.63) is 82.9 Å². The zero-order valence-electron chi connectivity index (χ0n) is 17.1. The number of methoxy groups -OCH3 is 1. The molecule has 3 amide bonds. The van der Waals surface area contributed by atoms with Crippen molar-refractivity contribution < 1.29 is 19.1 Å². The molecule has 0 aliphatic carbocycles. The predicted octanol–water partition coefficient (Wildman–Crippen LogP) is 3.75. The van der Waals surface area contributed by atoms with E-state index in [1.54, 1.807) is 48.5 Å². The van der Waals surface area contributed by atoms with Crippen LogP contribution < -0.4 is 26.4 Å². The van der Waals surface area contributed by atoms with Gasteiger partial charge in [-0.3, -0.25) is 14.4 Å². The molecule has 3 aromatic carbocycles. The zero-order valence-corrected chi connectivity index (χ0v) is 17.9. The van der Waals surface area contributed by atoms with E-state index >= 15 is 0 Å². The molecule has 0 fully saturated rings. The maximum atomic E-state index is 12.5. The molecule has 0 aromatic heterocycles. The molecule has 0 saturated carbocycles. The smallest absolute Gasteiger partial charge is 0.255 e. The molecular weight excluding hydrogens is 432 g/mol. The molecule has 9 heteroatoms. The summed E-state index contributed by atoms with van der Waals surface area (Å²) in [5.74, 6) is -0.668. The molecule has 5 N–H and O–H groups in total. The van der Waals surface area contributed by atoms with Gasteiger partial charge in [0.2, 0.25) is 11.8 Å². The first kappa shape index (κ1) is 22.6. The quantitative estimate of drug-likeness (QED) is 0.414. The van der Waals surface area contributed by atoms with E-state index in [1.165, 1.54) is 19.2 Å². The average Bonchev–Trinajstić information content (AvgIpc) is 2.78. The molecule has 0 bridgehead atoms. The van der Waals surface area contributed by atoms with Gasteiger partial charge >= 0.3 is 0 Å². The monoisotopic (exact) mass is 452 g/mol. The lowest BCUT2D eigenvalue weighted by atomic mass is 10.2. The van der Waals surface area contributed by atoms with Gasteiger partial charge in [0.25, 0.3) is 5.91 Å². The first-order chi connectivity index (χ1) is 15.4. The van der Waals surface area contributed by atoms with E-state index in [1.807, 2.05) is 6.07 Å². The number of ether oxygens (including phenoxy) is 1. The van der Waals surface area contributed by atoms with Crippen LogP contribution in [0.15, 0.2) is 66.7 Å². The number of benzene rings is 3. The number of nitrogens with two attached hydrogens (primary N) is 1. The van der Waals surface area contributed by atoms with E-state index in [0.717, 1.165) is 0 Å². The Morgan fingerprint density at radius 2 is 1.62 bits per heavy atom. The van der Waals surface area contributed by atoms with Crippen molar-refractivity contribution in [2.24, 2.45) is 5.73 Å². The molecule has 32 heavy (non-hydrogen) atoms. The van der Waals surface area contributed by atoms with Crippen LogP contribution in [0.1, 0.15) is 20.7 Å². The van der Waals surface area contributed by atoms with Gasteiger partial charge in [0.05, 0.1) is 29.9 Å². The van der Waals surface area contributed by atoms with Gasteiger partial charge in [0.15, 0.2) is 0 Å². The van der Waals surface area contributed by atoms with E-state index in [4.69, 9.17) is 22.1 Å². The number of hydrogen-bond donors (Lipinski definition) is 4. The van der Waals surface area contributed by atoms with Crippen LogP contribution in [-0.2, 0) is 4.79 Å². The van der Waals surface area contributed by atoms with Crippen LogP contribution in [0.3, 0.4) is 0 Å². The molecule has 0 atom stereocenters. The minimum Gasteiger partial charge on any atom is -0.495 e. The second-order valence-corrected chi connectivity index (χ2v) is 7.10. The van der Waals surface area contributed by atoms with Crippen LogP contribution in [0.5, 0.6) is 5.75 Å². The maximum absolute atomic E-state index is 12.5. The largest absolute Gasteiger partial charge is 0.495 e. The summed E-state index contributed by atoms with van der Waals surface area (Å²) < 4.78 is 5.23. The van der Waals surface area contributed by atoms with Crippen molar-refractivity contribution in [3.63, 3.8) is 0 Å². The lowest BCUT2D eigenvalue weighted by molar-refractivity contribution is -0.114. The van der Waals surface area contributed by atoms with E-state index in [2.05, 4.69) is 16.0 Å². The number of para-hydroxylation sites is 2. The second-order valence-electron chi connectivity index (χ2n) is 6.69. The molecule has 0 spiro atoms. The van der Waals surface area contributed by atoms with Gasteiger partial charge in [-0.15, -0.1) is 0 Å². The van der Waals surface area contributed by atoms with E-state index in [0.29, 0.717) is 28.4 Å². The van der Waals surface area contributed by atoms with Crippen molar-refractivity contribution in [1.82, 2.24) is 0 Å². The highest BCUT2D eigenvalue weighted by Gasteiger charge is 2.11. The molecule has 0 aliphatic heterocycles. The summed E-state index contributed by atoms with van der Waals surface area (Å²) in [7, 11) is 1.53. The number of amides is 3. The molecule has 0 heterocycles. The van der Waals surface area contributed by atoms with Gasteiger partial charge in [-0.1, -0.05) is 23.7 Å². The van der Waals surface area contributed by atoms with Crippen molar-refractivity contribution in [1.29, 1.82) is 0 Å². The molecule has 3 aromatic rings. The summed E-state index contributed by atoms with van der Waals surface area (Å²) in [6.07, 6.45) is 0. The summed E-state index contributed by atoms with van der Waals surface area (Å²) >= 11 is 6.00. The van der Waals surface area contributed by atoms with Gasteiger partial charge in [-0.05, 0) is 54.6 Å². The minimum absolute atomic E-state index is 0.0255. The van der Waals surface area contributed by atoms with Crippen LogP contribution in [0.25, 0.3) is 0 Å². The Kier molecular flexibility index (Phi) is 7.30. The maximum Gasteiger partial charge on any atom is 0.255 e. The van der Waals surface area contributed by atoms with Crippen LogP contribution in [-0.4, -0.2) is 31.4 Å². The van der Waals surface area contributed by atoms with Crippen LogP contribution >= 0.6 is 11.6 Å². The number of halogens is 1. The predicted molar refractivity (Wildman–Crippen MR) is 124 cm³/mol. The zero-order chi connectivity index (χ0) is 23.1. The topological polar surface area (TPSA) is 123 Å². The Balaban J connectivity index is 1.55. The van der Waals surface area contributed by atoms with Gasteiger partial charge in [0, 0.05) is 16.9 Å². The minimum atomic E-state index is -0.626. The third-order valence-electron chi connectivity index (χ3n) is 4.47. The second kappa shape index (κ2) is 10.3. The number of carbonyl (C=O) groups is 3. The standard InChI is InChI=1S/C23H21ClN4O4/c1-32-20-5-3-2-4-19(20)28-23(31)14-6-8-15(9-7-14)27-21(29)13-26-16-10-11-17(22(25)30)18(24)12-16/h2-12,26H,13H2,1H3,(H2,25,30)(H,27,29)(H,28,31). The van der Waals surface area contributed by atoms with Crippen LogP contribution in [0.2, 0.25) is 5.02 Å². The van der Waals surface area contributed by atoms with Crippen LogP contribution in [0, 0.1) is 0 Å². The Labute approximate surface area is 189 Å². The summed E-state index contributed by atoms with van der Waals surface area (Å²) in [5.41, 5.74) is 7.51. The molecule has 0 unspecified atom stereocenters. The first-order valence-corrected chi connectivity index (χ1v) is 9.92. The van der Waals surface area contributed by atoms with Gasteiger partial charge in [0.1, 0.15) is 5.75 Å². The molecule has 3 rings (SSSR count). The number of nitrogens with one attached hydrogen (secondary N) is 3. The fraction of sp³-hybridized carbons (Fsp3) is 0.0870. The summed E-state index contributed by atoms with van der Waals surface area (Å²) in [4.78, 5) is 35.9. The number of carbonyl (C=O) groups excluding carboxylic acids is 3. The Morgan fingerprint density at radius 1 is 0.938 bits per heavy atom. The number of rotatable bonds is 8. The molecule has 0 saturated heterocycles. The molecule has 0 aliphatic rings. The van der Waals surface area contributed by atoms with Crippen molar-refractivity contribution >= 4 is 46.4 Å². The number of hydrogen-bond acceptors (Lipinski definition) is 5. The van der Waals surface area contributed by atoms with E-state index < -0.39 is 5.91 Å². The number of primary amides is 1. The van der Waals surface area contributed by atoms with Crippen molar-refractivity contribution in [3.8, 4) is 5.75 Å². The highest BCUT2D eigenvalue weighted by Crippen LogP contribution is 2.24. The van der Waals surface area contributed by atoms with Gasteiger partial charge < -0.3 is 26.4 Å². The SMILES string of the molecule is COc1ccccc1NC(=O)c1ccc(NC(=O)CNc2ccc(C(N)=O)c(Cl)c2)cc1. The molecule has 0 radical (unpaired) electrons. The Bertz CT molecular complexity index is 1150. The lowest BCUT2D eigenvalue weighted by Crippen LogP contribution is -2.22. The first-order valence-electron chi connectivity index (χ1n) is 9.55. The Morgan fingerprint density at radius 3 is 2.28 bits per heavy atom.